The molecule has 2 fully saturated rings. The number of fused-ring (bicyclic) bond motifs is 3. The van der Waals surface area contributed by atoms with Crippen molar-refractivity contribution in [2.24, 2.45) is 0 Å². The minimum atomic E-state index is 0.203. The van der Waals surface area contributed by atoms with Gasteiger partial charge in [-0.3, -0.25) is 9.69 Å². The van der Waals surface area contributed by atoms with Gasteiger partial charge in [0.1, 0.15) is 5.75 Å². The van der Waals surface area contributed by atoms with Crippen molar-refractivity contribution >= 4 is 27.6 Å². The number of benzene rings is 1. The molecule has 2 bridgehead atoms. The van der Waals surface area contributed by atoms with Crippen LogP contribution >= 0.6 is 11.3 Å². The fourth-order valence-corrected chi connectivity index (χ4v) is 5.04. The summed E-state index contributed by atoms with van der Waals surface area (Å²) >= 11 is 1.51. The summed E-state index contributed by atoms with van der Waals surface area (Å²) in [7, 11) is 0. The Morgan fingerprint density at radius 2 is 1.96 bits per heavy atom. The Bertz CT molecular complexity index is 1030. The molecular weight excluding hydrogens is 372 g/mol. The van der Waals surface area contributed by atoms with E-state index in [0.29, 0.717) is 17.3 Å². The van der Waals surface area contributed by atoms with Crippen LogP contribution in [0, 0.1) is 6.92 Å². The molecule has 4 heterocycles. The first-order chi connectivity index (χ1) is 13.5. The number of carbonyl (C=O) groups is 1. The van der Waals surface area contributed by atoms with Gasteiger partial charge in [-0.05, 0) is 43.2 Å². The van der Waals surface area contributed by atoms with Gasteiger partial charge in [0.05, 0.1) is 4.70 Å². The van der Waals surface area contributed by atoms with Gasteiger partial charge in [-0.2, -0.15) is 4.98 Å². The number of amides is 1. The number of nitrogens with zero attached hydrogens (tertiary/aromatic N) is 4. The molecule has 0 aliphatic carbocycles. The number of hydrogen-bond acceptors (Lipinski definition) is 6. The Morgan fingerprint density at radius 3 is 2.68 bits per heavy atom. The van der Waals surface area contributed by atoms with Gasteiger partial charge in [0.25, 0.3) is 5.19 Å². The summed E-state index contributed by atoms with van der Waals surface area (Å²) in [6, 6.07) is 13.1. The van der Waals surface area contributed by atoms with E-state index in [1.807, 2.05) is 36.1 Å². The summed E-state index contributed by atoms with van der Waals surface area (Å²) in [6.45, 7) is 6.39. The third-order valence-electron chi connectivity index (χ3n) is 5.65. The molecule has 5 rings (SSSR count). The van der Waals surface area contributed by atoms with Crippen LogP contribution in [0.1, 0.15) is 24.6 Å². The van der Waals surface area contributed by atoms with Crippen molar-refractivity contribution in [2.75, 3.05) is 13.1 Å². The Balaban J connectivity index is 1.23. The van der Waals surface area contributed by atoms with Gasteiger partial charge in [-0.25, -0.2) is 4.98 Å². The second-order valence-electron chi connectivity index (χ2n) is 7.64. The average Bonchev–Trinajstić information content (AvgIpc) is 3.36. The molecule has 3 aromatic rings. The normalized spacial score (nSPS) is 21.6. The number of aromatic nitrogens is 2. The third-order valence-corrected chi connectivity index (χ3v) is 6.53. The molecule has 2 atom stereocenters. The lowest BCUT2D eigenvalue weighted by atomic mass is 10.2. The van der Waals surface area contributed by atoms with Crippen LogP contribution in [0.25, 0.3) is 10.3 Å². The first-order valence-corrected chi connectivity index (χ1v) is 10.4. The molecule has 1 aromatic carbocycles. The fraction of sp³-hybridized carbons (Fsp3) is 0.381. The molecule has 2 saturated heterocycles. The predicted octanol–water partition coefficient (Wildman–Crippen LogP) is 3.60. The van der Waals surface area contributed by atoms with E-state index in [9.17, 15) is 4.79 Å². The van der Waals surface area contributed by atoms with Gasteiger partial charge in [0.2, 0.25) is 5.91 Å². The summed E-state index contributed by atoms with van der Waals surface area (Å²) in [6.07, 6.45) is 1.10. The minimum Gasteiger partial charge on any atom is -0.431 e. The van der Waals surface area contributed by atoms with Crippen LogP contribution in [0.2, 0.25) is 0 Å². The van der Waals surface area contributed by atoms with E-state index in [0.717, 1.165) is 47.8 Å². The SMILES string of the molecule is CC(=O)N1C[C@@H]2C[C@H]1CN2Cc1ccc(Oc2nc3nc(C)ccc3s2)cc1. The number of piperazine rings is 1. The van der Waals surface area contributed by atoms with Crippen molar-refractivity contribution in [1.82, 2.24) is 19.8 Å². The maximum atomic E-state index is 11.6. The summed E-state index contributed by atoms with van der Waals surface area (Å²) < 4.78 is 6.96. The highest BCUT2D eigenvalue weighted by Gasteiger charge is 2.43. The quantitative estimate of drug-likeness (QED) is 0.677. The number of ether oxygens (including phenoxy) is 1. The number of hydrogen-bond donors (Lipinski definition) is 0. The van der Waals surface area contributed by atoms with E-state index >= 15 is 0 Å². The lowest BCUT2D eigenvalue weighted by molar-refractivity contribution is -0.131. The predicted molar refractivity (Wildman–Crippen MR) is 109 cm³/mol. The Hall–Kier alpha value is -2.51. The number of likely N-dealkylation sites (tertiary alicyclic amines) is 2. The monoisotopic (exact) mass is 394 g/mol. The molecule has 0 unspecified atom stereocenters. The van der Waals surface area contributed by atoms with Gasteiger partial charge in [0, 0.05) is 44.3 Å². The standard InChI is InChI=1S/C21H22N4O2S/c1-13-3-8-19-20(22-13)23-21(28-19)27-18-6-4-15(5-7-18)10-24-11-17-9-16(24)12-25(17)14(2)26/h3-8,16-17H,9-12H2,1-2H3/t16-,17-/m0/s1. The van der Waals surface area contributed by atoms with Crippen molar-refractivity contribution in [3.8, 4) is 10.9 Å². The topological polar surface area (TPSA) is 58.6 Å². The number of carbonyl (C=O) groups excluding carboxylic acids is 1. The second-order valence-corrected chi connectivity index (χ2v) is 8.64. The summed E-state index contributed by atoms with van der Waals surface area (Å²) in [4.78, 5) is 25.1. The average molecular weight is 395 g/mol. The first kappa shape index (κ1) is 17.6. The van der Waals surface area contributed by atoms with Crippen molar-refractivity contribution in [2.45, 2.75) is 38.9 Å². The van der Waals surface area contributed by atoms with Crippen molar-refractivity contribution in [3.05, 3.63) is 47.7 Å². The largest absolute Gasteiger partial charge is 0.431 e. The molecule has 0 saturated carbocycles. The molecule has 2 aliphatic rings. The molecular formula is C21H22N4O2S. The maximum Gasteiger partial charge on any atom is 0.281 e. The molecule has 28 heavy (non-hydrogen) atoms. The van der Waals surface area contributed by atoms with E-state index in [4.69, 9.17) is 4.74 Å². The molecule has 0 radical (unpaired) electrons. The van der Waals surface area contributed by atoms with Crippen LogP contribution in [0.4, 0.5) is 0 Å². The summed E-state index contributed by atoms with van der Waals surface area (Å²) in [5.74, 6) is 0.985. The summed E-state index contributed by atoms with van der Waals surface area (Å²) in [5, 5.41) is 0.613. The smallest absolute Gasteiger partial charge is 0.281 e. The molecule has 144 valence electrons. The fourth-order valence-electron chi connectivity index (χ4n) is 4.26. The minimum absolute atomic E-state index is 0.203. The van der Waals surface area contributed by atoms with Gasteiger partial charge >= 0.3 is 0 Å². The zero-order valence-electron chi connectivity index (χ0n) is 16.0. The zero-order valence-corrected chi connectivity index (χ0v) is 16.8. The number of rotatable bonds is 4. The molecule has 1 amide bonds. The Kier molecular flexibility index (Phi) is 4.29. The van der Waals surface area contributed by atoms with E-state index in [1.165, 1.54) is 16.9 Å². The van der Waals surface area contributed by atoms with Gasteiger partial charge in [0.15, 0.2) is 5.65 Å². The number of aryl methyl sites for hydroxylation is 1. The second kappa shape index (κ2) is 6.83. The van der Waals surface area contributed by atoms with E-state index in [-0.39, 0.29) is 5.91 Å². The van der Waals surface area contributed by atoms with Crippen LogP contribution in [-0.2, 0) is 11.3 Å². The highest BCUT2D eigenvalue weighted by molar-refractivity contribution is 7.20. The zero-order chi connectivity index (χ0) is 19.3. The molecule has 7 heteroatoms. The Labute approximate surface area is 167 Å². The first-order valence-electron chi connectivity index (χ1n) is 9.57. The number of pyridine rings is 1. The van der Waals surface area contributed by atoms with Crippen molar-refractivity contribution in [1.29, 1.82) is 0 Å². The lowest BCUT2D eigenvalue weighted by Crippen LogP contribution is -2.47. The van der Waals surface area contributed by atoms with Gasteiger partial charge in [-0.15, -0.1) is 0 Å². The van der Waals surface area contributed by atoms with Gasteiger partial charge in [-0.1, -0.05) is 23.5 Å². The van der Waals surface area contributed by atoms with Crippen LogP contribution < -0.4 is 4.74 Å². The van der Waals surface area contributed by atoms with Crippen molar-refractivity contribution in [3.63, 3.8) is 0 Å². The molecule has 2 aliphatic heterocycles. The van der Waals surface area contributed by atoms with E-state index in [1.54, 1.807) is 6.92 Å². The lowest BCUT2D eigenvalue weighted by Gasteiger charge is -2.33. The number of thiazole rings is 1. The van der Waals surface area contributed by atoms with E-state index < -0.39 is 0 Å². The molecule has 6 nitrogen and oxygen atoms in total. The molecule has 2 aromatic heterocycles. The maximum absolute atomic E-state index is 11.6. The highest BCUT2D eigenvalue weighted by atomic mass is 32.1. The van der Waals surface area contributed by atoms with Crippen LogP contribution in [0.3, 0.4) is 0 Å². The van der Waals surface area contributed by atoms with Crippen LogP contribution in [-0.4, -0.2) is 50.8 Å². The van der Waals surface area contributed by atoms with Crippen LogP contribution in [0.5, 0.6) is 10.9 Å². The van der Waals surface area contributed by atoms with Gasteiger partial charge < -0.3 is 9.64 Å². The Morgan fingerprint density at radius 1 is 1.14 bits per heavy atom. The van der Waals surface area contributed by atoms with Crippen molar-refractivity contribution < 1.29 is 9.53 Å². The van der Waals surface area contributed by atoms with Crippen LogP contribution in [0.15, 0.2) is 36.4 Å². The molecule has 0 N–H and O–H groups in total. The molecule has 0 spiro atoms. The highest BCUT2D eigenvalue weighted by Crippen LogP contribution is 2.33. The third kappa shape index (κ3) is 3.25. The summed E-state index contributed by atoms with van der Waals surface area (Å²) in [5.41, 5.74) is 2.95. The van der Waals surface area contributed by atoms with E-state index in [2.05, 4.69) is 27.0 Å².